The van der Waals surface area contributed by atoms with Crippen LogP contribution in [-0.2, 0) is 11.2 Å². The average molecular weight is 250 g/mol. The van der Waals surface area contributed by atoms with E-state index in [0.717, 1.165) is 12.8 Å². The number of carbonyl (C=O) groups is 1. The molecule has 0 N–H and O–H groups in total. The van der Waals surface area contributed by atoms with Crippen LogP contribution in [0, 0.1) is 5.92 Å². The van der Waals surface area contributed by atoms with Gasteiger partial charge in [-0.1, -0.05) is 33.3 Å². The third-order valence-electron chi connectivity index (χ3n) is 2.57. The lowest BCUT2D eigenvalue weighted by Gasteiger charge is -2.11. The molecule has 0 atom stereocenters. The zero-order valence-electron chi connectivity index (χ0n) is 11.7. The second-order valence-electron chi connectivity index (χ2n) is 4.81. The van der Waals surface area contributed by atoms with Crippen LogP contribution >= 0.6 is 0 Å². The van der Waals surface area contributed by atoms with Gasteiger partial charge < -0.3 is 9.47 Å². The Bertz CT molecular complexity index is 397. The van der Waals surface area contributed by atoms with Crippen molar-refractivity contribution in [1.82, 2.24) is 0 Å². The van der Waals surface area contributed by atoms with Crippen molar-refractivity contribution in [1.29, 1.82) is 0 Å². The standard InChI is InChI=1S/C15H22O3/c1-5-6-12-7-8-13(14(10-12)17-4)18-15(16)9-11(2)3/h7-8,10-11H,5-6,9H2,1-4H3. The molecule has 1 aromatic carbocycles. The first-order valence-corrected chi connectivity index (χ1v) is 6.44. The van der Waals surface area contributed by atoms with E-state index in [1.54, 1.807) is 7.11 Å². The Labute approximate surface area is 109 Å². The van der Waals surface area contributed by atoms with Gasteiger partial charge in [0.2, 0.25) is 0 Å². The van der Waals surface area contributed by atoms with Crippen molar-refractivity contribution in [2.45, 2.75) is 40.0 Å². The molecule has 0 aliphatic heterocycles. The van der Waals surface area contributed by atoms with Crippen LogP contribution in [0.2, 0.25) is 0 Å². The molecule has 0 aliphatic rings. The molecule has 0 amide bonds. The Morgan fingerprint density at radius 1 is 1.28 bits per heavy atom. The topological polar surface area (TPSA) is 35.5 Å². The largest absolute Gasteiger partial charge is 0.493 e. The first-order valence-electron chi connectivity index (χ1n) is 6.44. The second-order valence-corrected chi connectivity index (χ2v) is 4.81. The van der Waals surface area contributed by atoms with Crippen molar-refractivity contribution in [3.8, 4) is 11.5 Å². The highest BCUT2D eigenvalue weighted by atomic mass is 16.6. The van der Waals surface area contributed by atoms with Crippen LogP contribution < -0.4 is 9.47 Å². The van der Waals surface area contributed by atoms with Crippen molar-refractivity contribution >= 4 is 5.97 Å². The highest BCUT2D eigenvalue weighted by Crippen LogP contribution is 2.29. The van der Waals surface area contributed by atoms with Crippen LogP contribution in [0.3, 0.4) is 0 Å². The molecule has 0 unspecified atom stereocenters. The van der Waals surface area contributed by atoms with E-state index in [2.05, 4.69) is 6.92 Å². The molecule has 0 aromatic heterocycles. The van der Waals surface area contributed by atoms with E-state index in [1.807, 2.05) is 32.0 Å². The van der Waals surface area contributed by atoms with E-state index in [1.165, 1.54) is 5.56 Å². The molecule has 100 valence electrons. The highest BCUT2D eigenvalue weighted by molar-refractivity contribution is 5.73. The number of aryl methyl sites for hydroxylation is 1. The van der Waals surface area contributed by atoms with Gasteiger partial charge in [0.15, 0.2) is 11.5 Å². The lowest BCUT2D eigenvalue weighted by atomic mass is 10.1. The maximum Gasteiger partial charge on any atom is 0.311 e. The zero-order chi connectivity index (χ0) is 13.5. The van der Waals surface area contributed by atoms with Gasteiger partial charge in [-0.2, -0.15) is 0 Å². The molecule has 0 fully saturated rings. The normalized spacial score (nSPS) is 10.5. The minimum absolute atomic E-state index is 0.216. The summed E-state index contributed by atoms with van der Waals surface area (Å²) in [5.74, 6) is 1.20. The quantitative estimate of drug-likeness (QED) is 0.571. The fourth-order valence-corrected chi connectivity index (χ4v) is 1.74. The molecule has 0 bridgehead atoms. The van der Waals surface area contributed by atoms with Gasteiger partial charge in [0, 0.05) is 6.42 Å². The first kappa shape index (κ1) is 14.6. The van der Waals surface area contributed by atoms with E-state index in [-0.39, 0.29) is 5.97 Å². The molecule has 0 saturated carbocycles. The van der Waals surface area contributed by atoms with Crippen molar-refractivity contribution in [2.24, 2.45) is 5.92 Å². The van der Waals surface area contributed by atoms with Crippen LogP contribution in [0.15, 0.2) is 18.2 Å². The van der Waals surface area contributed by atoms with Crippen LogP contribution in [0.25, 0.3) is 0 Å². The number of carbonyl (C=O) groups excluding carboxylic acids is 1. The van der Waals surface area contributed by atoms with E-state index in [9.17, 15) is 4.79 Å². The monoisotopic (exact) mass is 250 g/mol. The molecule has 0 heterocycles. The predicted molar refractivity (Wildman–Crippen MR) is 72.1 cm³/mol. The lowest BCUT2D eigenvalue weighted by Crippen LogP contribution is -2.11. The van der Waals surface area contributed by atoms with Gasteiger partial charge >= 0.3 is 5.97 Å². The maximum absolute atomic E-state index is 11.6. The summed E-state index contributed by atoms with van der Waals surface area (Å²) in [7, 11) is 1.59. The molecule has 0 aliphatic carbocycles. The second kappa shape index (κ2) is 7.04. The van der Waals surface area contributed by atoms with E-state index in [0.29, 0.717) is 23.8 Å². The van der Waals surface area contributed by atoms with Crippen LogP contribution in [-0.4, -0.2) is 13.1 Å². The average Bonchev–Trinajstić information content (AvgIpc) is 2.30. The third kappa shape index (κ3) is 4.40. The summed E-state index contributed by atoms with van der Waals surface area (Å²) < 4.78 is 10.6. The van der Waals surface area contributed by atoms with Gasteiger partial charge in [-0.05, 0) is 30.0 Å². The smallest absolute Gasteiger partial charge is 0.311 e. The number of methoxy groups -OCH3 is 1. The van der Waals surface area contributed by atoms with E-state index in [4.69, 9.17) is 9.47 Å². The summed E-state index contributed by atoms with van der Waals surface area (Å²) >= 11 is 0. The highest BCUT2D eigenvalue weighted by Gasteiger charge is 2.12. The predicted octanol–water partition coefficient (Wildman–Crippen LogP) is 3.60. The summed E-state index contributed by atoms with van der Waals surface area (Å²) in [5, 5.41) is 0. The lowest BCUT2D eigenvalue weighted by molar-refractivity contribution is -0.135. The molecule has 3 nitrogen and oxygen atoms in total. The van der Waals surface area contributed by atoms with Gasteiger partial charge in [0.1, 0.15) is 0 Å². The van der Waals surface area contributed by atoms with Gasteiger partial charge in [0.25, 0.3) is 0 Å². The van der Waals surface area contributed by atoms with E-state index < -0.39 is 0 Å². The number of esters is 1. The fraction of sp³-hybridized carbons (Fsp3) is 0.533. The van der Waals surface area contributed by atoms with Gasteiger partial charge in [-0.15, -0.1) is 0 Å². The summed E-state index contributed by atoms with van der Waals surface area (Å²) in [4.78, 5) is 11.6. The molecule has 0 radical (unpaired) electrons. The Kier molecular flexibility index (Phi) is 5.69. The van der Waals surface area contributed by atoms with Crippen molar-refractivity contribution in [3.05, 3.63) is 23.8 Å². The molecule has 3 heteroatoms. The zero-order valence-corrected chi connectivity index (χ0v) is 11.7. The Hall–Kier alpha value is -1.51. The van der Waals surface area contributed by atoms with Gasteiger partial charge in [0.05, 0.1) is 7.11 Å². The van der Waals surface area contributed by atoms with Crippen LogP contribution in [0.1, 0.15) is 39.2 Å². The summed E-state index contributed by atoms with van der Waals surface area (Å²) in [6, 6.07) is 5.72. The molecule has 0 spiro atoms. The van der Waals surface area contributed by atoms with Crippen molar-refractivity contribution in [3.63, 3.8) is 0 Å². The Balaban J connectivity index is 2.79. The minimum atomic E-state index is -0.216. The molecular formula is C15H22O3. The summed E-state index contributed by atoms with van der Waals surface area (Å²) in [5.41, 5.74) is 1.19. The summed E-state index contributed by atoms with van der Waals surface area (Å²) in [6.07, 6.45) is 2.49. The molecule has 1 rings (SSSR count). The SMILES string of the molecule is CCCc1ccc(OC(=O)CC(C)C)c(OC)c1. The van der Waals surface area contributed by atoms with Crippen molar-refractivity contribution < 1.29 is 14.3 Å². The number of benzene rings is 1. The first-order chi connectivity index (χ1) is 8.56. The number of ether oxygens (including phenoxy) is 2. The molecule has 18 heavy (non-hydrogen) atoms. The van der Waals surface area contributed by atoms with Gasteiger partial charge in [-0.3, -0.25) is 4.79 Å². The Morgan fingerprint density at radius 3 is 2.56 bits per heavy atom. The maximum atomic E-state index is 11.6. The minimum Gasteiger partial charge on any atom is -0.493 e. The number of hydrogen-bond acceptors (Lipinski definition) is 3. The summed E-state index contributed by atoms with van der Waals surface area (Å²) in [6.45, 7) is 6.11. The molecule has 0 saturated heterocycles. The van der Waals surface area contributed by atoms with E-state index >= 15 is 0 Å². The fourth-order valence-electron chi connectivity index (χ4n) is 1.74. The van der Waals surface area contributed by atoms with Crippen LogP contribution in [0.5, 0.6) is 11.5 Å². The molecule has 1 aromatic rings. The molecular weight excluding hydrogens is 228 g/mol. The number of rotatable bonds is 6. The Morgan fingerprint density at radius 2 is 2.00 bits per heavy atom. The van der Waals surface area contributed by atoms with Crippen molar-refractivity contribution in [2.75, 3.05) is 7.11 Å². The third-order valence-corrected chi connectivity index (χ3v) is 2.57. The van der Waals surface area contributed by atoms with Gasteiger partial charge in [-0.25, -0.2) is 0 Å². The number of hydrogen-bond donors (Lipinski definition) is 0. The van der Waals surface area contributed by atoms with Crippen LogP contribution in [0.4, 0.5) is 0 Å².